The number of rotatable bonds is 10. The predicted molar refractivity (Wildman–Crippen MR) is 197 cm³/mol. The van der Waals surface area contributed by atoms with Gasteiger partial charge in [-0.05, 0) is 97.4 Å². The highest BCUT2D eigenvalue weighted by atomic mass is 19.4. The molecule has 0 radical (unpaired) electrons. The van der Waals surface area contributed by atoms with E-state index in [1.165, 1.54) is 7.11 Å². The summed E-state index contributed by atoms with van der Waals surface area (Å²) >= 11 is 0. The number of alkyl halides is 9. The van der Waals surface area contributed by atoms with Crippen LogP contribution in [-0.4, -0.2) is 42.0 Å². The second kappa shape index (κ2) is 14.8. The lowest BCUT2D eigenvalue weighted by atomic mass is 9.73. The number of aromatic nitrogens is 1. The van der Waals surface area contributed by atoms with Gasteiger partial charge in [-0.1, -0.05) is 6.08 Å². The van der Waals surface area contributed by atoms with Crippen molar-refractivity contribution in [3.8, 4) is 5.75 Å². The van der Waals surface area contributed by atoms with Crippen molar-refractivity contribution in [2.45, 2.75) is 43.5 Å². The van der Waals surface area contributed by atoms with Crippen LogP contribution in [-0.2, 0) is 18.5 Å². The van der Waals surface area contributed by atoms with Crippen molar-refractivity contribution in [3.63, 3.8) is 0 Å². The zero-order chi connectivity index (χ0) is 41.9. The van der Waals surface area contributed by atoms with E-state index in [-0.39, 0.29) is 41.8 Å². The molecule has 304 valence electrons. The van der Waals surface area contributed by atoms with Crippen molar-refractivity contribution in [2.75, 3.05) is 36.1 Å². The Balaban J connectivity index is 1.25. The molecule has 0 spiro atoms. The number of fused-ring (bicyclic) bond motifs is 4. The average Bonchev–Trinajstić information content (AvgIpc) is 3.19. The lowest BCUT2D eigenvalue weighted by Crippen LogP contribution is -2.56. The van der Waals surface area contributed by atoms with Gasteiger partial charge in [0.1, 0.15) is 17.1 Å². The van der Waals surface area contributed by atoms with E-state index in [1.807, 2.05) is 11.4 Å². The van der Waals surface area contributed by atoms with Gasteiger partial charge >= 0.3 is 18.5 Å². The smallest absolute Gasteiger partial charge is 0.416 e. The van der Waals surface area contributed by atoms with Gasteiger partial charge in [-0.25, -0.2) is 0 Å². The number of hydrogen-bond donors (Lipinski definition) is 3. The van der Waals surface area contributed by atoms with Gasteiger partial charge in [0.05, 0.1) is 35.4 Å². The van der Waals surface area contributed by atoms with E-state index in [2.05, 4.69) is 27.1 Å². The summed E-state index contributed by atoms with van der Waals surface area (Å²) in [5, 5.41) is 8.21. The average molecular weight is 818 g/mol. The summed E-state index contributed by atoms with van der Waals surface area (Å²) in [6.07, 6.45) is -10.6. The number of carbonyl (C=O) groups is 1. The number of amides is 1. The highest BCUT2D eigenvalue weighted by Crippen LogP contribution is 2.44. The van der Waals surface area contributed by atoms with E-state index in [0.717, 1.165) is 19.0 Å². The van der Waals surface area contributed by atoms with Crippen LogP contribution in [0.4, 0.5) is 62.3 Å². The van der Waals surface area contributed by atoms with Gasteiger partial charge in [0, 0.05) is 41.1 Å². The van der Waals surface area contributed by atoms with E-state index in [9.17, 15) is 53.9 Å². The summed E-state index contributed by atoms with van der Waals surface area (Å²) in [6.45, 7) is 5.38. The van der Waals surface area contributed by atoms with Crippen LogP contribution in [0, 0.1) is 11.8 Å². The molecule has 3 fully saturated rings. The summed E-state index contributed by atoms with van der Waals surface area (Å²) in [4.78, 5) is 46.3. The number of halogens is 9. The first kappa shape index (κ1) is 40.3. The maximum Gasteiger partial charge on any atom is 0.416 e. The minimum absolute atomic E-state index is 0.176. The molecule has 1 amide bonds. The summed E-state index contributed by atoms with van der Waals surface area (Å²) < 4.78 is 129. The van der Waals surface area contributed by atoms with Crippen molar-refractivity contribution in [1.29, 1.82) is 0 Å². The number of nitrogens with one attached hydrogen (secondary N) is 3. The van der Waals surface area contributed by atoms with Gasteiger partial charge in [0.25, 0.3) is 16.8 Å². The third kappa shape index (κ3) is 7.84. The quantitative estimate of drug-likeness (QED) is 0.0728. The summed E-state index contributed by atoms with van der Waals surface area (Å²) in [5.74, 6) is -0.497. The number of piperidine rings is 3. The molecule has 9 nitrogen and oxygen atoms in total. The topological polar surface area (TPSA) is 113 Å². The third-order valence-corrected chi connectivity index (χ3v) is 10.7. The number of anilines is 4. The SMILES string of the molecule is C=CC1CN2CCC1CC2[C@@H](Nc1c(Nc2cc(C(=O)Nc3cc(C(F)(F)F)cc(C(F)(F)F)c3)cc(C(F)(F)F)c2)c(=O)c1=O)c1ccnc2ccc(OC)cc12. The second-order valence-corrected chi connectivity index (χ2v) is 14.2. The first-order valence-corrected chi connectivity index (χ1v) is 17.7. The molecule has 5 aromatic rings. The summed E-state index contributed by atoms with van der Waals surface area (Å²) in [7, 11) is 1.49. The molecule has 4 aromatic carbocycles. The van der Waals surface area contributed by atoms with E-state index in [1.54, 1.807) is 30.5 Å². The largest absolute Gasteiger partial charge is 0.497 e. The number of methoxy groups -OCH3 is 1. The Bertz CT molecular complexity index is 2460. The molecule has 0 aliphatic carbocycles. The number of carbonyl (C=O) groups excluding carboxylic acids is 1. The van der Waals surface area contributed by atoms with Crippen molar-refractivity contribution in [3.05, 3.63) is 128 Å². The first-order chi connectivity index (χ1) is 27.2. The molecule has 3 aliphatic heterocycles. The van der Waals surface area contributed by atoms with Gasteiger partial charge in [-0.15, -0.1) is 6.58 Å². The van der Waals surface area contributed by atoms with Crippen LogP contribution < -0.4 is 31.5 Å². The Labute approximate surface area is 323 Å². The number of nitrogens with zero attached hydrogens (tertiary/aromatic N) is 2. The normalized spacial score (nSPS) is 20.2. The van der Waals surface area contributed by atoms with Gasteiger partial charge in [-0.2, -0.15) is 39.5 Å². The zero-order valence-corrected chi connectivity index (χ0v) is 30.2. The fourth-order valence-electron chi connectivity index (χ4n) is 7.82. The predicted octanol–water partition coefficient (Wildman–Crippen LogP) is 8.94. The molecule has 3 N–H and O–H groups in total. The van der Waals surface area contributed by atoms with E-state index in [4.69, 9.17) is 4.74 Å². The first-order valence-electron chi connectivity index (χ1n) is 17.7. The highest BCUT2D eigenvalue weighted by molar-refractivity contribution is 6.05. The zero-order valence-electron chi connectivity index (χ0n) is 30.2. The number of hydrogen-bond acceptors (Lipinski definition) is 8. The van der Waals surface area contributed by atoms with Gasteiger partial charge in [0.15, 0.2) is 0 Å². The minimum atomic E-state index is -5.27. The van der Waals surface area contributed by atoms with Crippen molar-refractivity contribution < 1.29 is 49.0 Å². The fourth-order valence-corrected chi connectivity index (χ4v) is 7.82. The van der Waals surface area contributed by atoms with Crippen LogP contribution in [0.25, 0.3) is 10.9 Å². The van der Waals surface area contributed by atoms with E-state index in [0.29, 0.717) is 47.3 Å². The molecular weight excluding hydrogens is 785 g/mol. The second-order valence-electron chi connectivity index (χ2n) is 14.2. The van der Waals surface area contributed by atoms with Crippen LogP contribution in [0.1, 0.15) is 51.5 Å². The molecule has 0 saturated carbocycles. The van der Waals surface area contributed by atoms with Crippen LogP contribution in [0.5, 0.6) is 5.75 Å². The van der Waals surface area contributed by atoms with Gasteiger partial charge < -0.3 is 20.7 Å². The van der Waals surface area contributed by atoms with E-state index >= 15 is 0 Å². The summed E-state index contributed by atoms with van der Waals surface area (Å²) in [6, 6.07) is 8.00. The molecule has 18 heteroatoms. The standard InChI is InChI=1S/C40H32F9N5O4/c1-3-19-18-54-9-7-20(19)12-31(54)32(28-6-8-50-30-5-4-27(58-2)17-29(28)30)53-34-33(35(55)36(34)56)51-25-11-21(10-22(14-25)38(41,42)43)37(57)52-26-15-23(39(44,45)46)13-24(16-26)40(47,48)49/h3-6,8,10-11,13-17,19-20,31-32,51,53H,1,7,9,12,18H2,2H3,(H,52,57)/t19?,20?,31?,32-/m0/s1. The lowest BCUT2D eigenvalue weighted by molar-refractivity contribution is -0.143. The maximum absolute atomic E-state index is 14.1. The van der Waals surface area contributed by atoms with E-state index < -0.39 is 80.7 Å². The number of pyridine rings is 1. The molecule has 2 bridgehead atoms. The van der Waals surface area contributed by atoms with Crippen LogP contribution in [0.2, 0.25) is 0 Å². The molecular formula is C40H32F9N5O4. The molecule has 4 unspecified atom stereocenters. The number of ether oxygens (including phenoxy) is 1. The van der Waals surface area contributed by atoms with Crippen LogP contribution >= 0.6 is 0 Å². The molecule has 3 saturated heterocycles. The van der Waals surface area contributed by atoms with Crippen LogP contribution in [0.3, 0.4) is 0 Å². The Morgan fingerprint density at radius 1 is 0.862 bits per heavy atom. The third-order valence-electron chi connectivity index (χ3n) is 10.7. The fraction of sp³-hybridized carbons (Fsp3) is 0.300. The molecule has 5 atom stereocenters. The van der Waals surface area contributed by atoms with Gasteiger partial charge in [0.2, 0.25) is 0 Å². The van der Waals surface area contributed by atoms with Crippen LogP contribution in [0.15, 0.2) is 89.1 Å². The Morgan fingerprint density at radius 2 is 1.50 bits per heavy atom. The highest BCUT2D eigenvalue weighted by Gasteiger charge is 2.44. The monoisotopic (exact) mass is 817 g/mol. The molecule has 58 heavy (non-hydrogen) atoms. The van der Waals surface area contributed by atoms with Crippen molar-refractivity contribution in [2.24, 2.45) is 11.8 Å². The maximum atomic E-state index is 14.1. The van der Waals surface area contributed by atoms with Crippen molar-refractivity contribution in [1.82, 2.24) is 9.88 Å². The lowest BCUT2D eigenvalue weighted by Gasteiger charge is -2.52. The molecule has 8 rings (SSSR count). The minimum Gasteiger partial charge on any atom is -0.497 e. The van der Waals surface area contributed by atoms with Crippen molar-refractivity contribution >= 4 is 39.6 Å². The Hall–Kier alpha value is -5.91. The molecule has 3 aliphatic rings. The summed E-state index contributed by atoms with van der Waals surface area (Å²) in [5.41, 5.74) is -8.79. The molecule has 4 heterocycles. The Kier molecular flexibility index (Phi) is 10.3. The van der Waals surface area contributed by atoms with Gasteiger partial charge in [-0.3, -0.25) is 24.3 Å². The molecule has 1 aromatic heterocycles. The number of benzene rings is 3. The Morgan fingerprint density at radius 3 is 2.10 bits per heavy atom.